The van der Waals surface area contributed by atoms with E-state index in [0.717, 1.165) is 12.0 Å². The van der Waals surface area contributed by atoms with Crippen molar-refractivity contribution in [2.45, 2.75) is 117 Å². The first kappa shape index (κ1) is 21.0. The fourth-order valence-corrected chi connectivity index (χ4v) is 2.97. The second-order valence-corrected chi connectivity index (χ2v) is 7.24. The van der Waals surface area contributed by atoms with Crippen molar-refractivity contribution < 1.29 is 0 Å². The normalized spacial score (nSPS) is 11.7. The van der Waals surface area contributed by atoms with Gasteiger partial charge < -0.3 is 5.32 Å². The van der Waals surface area contributed by atoms with Crippen molar-refractivity contribution >= 4 is 0 Å². The fourth-order valence-electron chi connectivity index (χ4n) is 2.97. The fraction of sp³-hybridized carbons (Fsp3) is 1.00. The summed E-state index contributed by atoms with van der Waals surface area (Å²) in [6, 6.07) is 0.791. The van der Waals surface area contributed by atoms with Crippen LogP contribution in [-0.4, -0.2) is 12.6 Å². The molecule has 0 aromatic rings. The van der Waals surface area contributed by atoms with Crippen LogP contribution in [0, 0.1) is 5.92 Å². The zero-order valence-electron chi connectivity index (χ0n) is 15.6. The summed E-state index contributed by atoms with van der Waals surface area (Å²) in [6.45, 7) is 10.5. The number of hydrogen-bond donors (Lipinski definition) is 1. The van der Waals surface area contributed by atoms with Crippen LogP contribution in [-0.2, 0) is 0 Å². The lowest BCUT2D eigenvalue weighted by Gasteiger charge is -2.18. The largest absolute Gasteiger partial charge is 0.314 e. The quantitative estimate of drug-likeness (QED) is 0.312. The van der Waals surface area contributed by atoms with Crippen molar-refractivity contribution in [3.63, 3.8) is 0 Å². The van der Waals surface area contributed by atoms with Gasteiger partial charge in [0.05, 0.1) is 0 Å². The van der Waals surface area contributed by atoms with Gasteiger partial charge in [0, 0.05) is 6.04 Å². The molecule has 0 atom stereocenters. The Kier molecular flexibility index (Phi) is 16.3. The number of hydrogen-bond acceptors (Lipinski definition) is 1. The maximum atomic E-state index is 3.84. The summed E-state index contributed by atoms with van der Waals surface area (Å²) in [7, 11) is 0. The van der Waals surface area contributed by atoms with E-state index in [2.05, 4.69) is 33.0 Å². The predicted molar refractivity (Wildman–Crippen MR) is 98.0 cm³/mol. The zero-order chi connectivity index (χ0) is 15.8. The summed E-state index contributed by atoms with van der Waals surface area (Å²) >= 11 is 0. The molecule has 0 rings (SSSR count). The molecule has 0 aromatic carbocycles. The maximum absolute atomic E-state index is 3.84. The average Bonchev–Trinajstić information content (AvgIpc) is 2.45. The number of nitrogens with one attached hydrogen (secondary N) is 1. The van der Waals surface area contributed by atoms with E-state index in [0.29, 0.717) is 0 Å². The molecule has 1 heteroatoms. The molecule has 0 fully saturated rings. The lowest BCUT2D eigenvalue weighted by atomic mass is 10.0. The molecule has 0 saturated carbocycles. The van der Waals surface area contributed by atoms with Crippen molar-refractivity contribution in [3.8, 4) is 0 Å². The molecule has 0 aliphatic carbocycles. The van der Waals surface area contributed by atoms with Crippen LogP contribution in [0.15, 0.2) is 0 Å². The summed E-state index contributed by atoms with van der Waals surface area (Å²) in [5.41, 5.74) is 0. The van der Waals surface area contributed by atoms with Crippen molar-refractivity contribution in [1.82, 2.24) is 5.32 Å². The summed E-state index contributed by atoms with van der Waals surface area (Å²) in [6.07, 6.45) is 18.2. The Bertz CT molecular complexity index is 178. The summed E-state index contributed by atoms with van der Waals surface area (Å²) in [4.78, 5) is 0. The molecule has 0 amide bonds. The first-order valence-electron chi connectivity index (χ1n) is 9.94. The molecule has 21 heavy (non-hydrogen) atoms. The van der Waals surface area contributed by atoms with Gasteiger partial charge in [0.25, 0.3) is 0 Å². The van der Waals surface area contributed by atoms with Gasteiger partial charge in [0.15, 0.2) is 0 Å². The molecule has 0 unspecified atom stereocenters. The van der Waals surface area contributed by atoms with E-state index < -0.39 is 0 Å². The number of unbranched alkanes of at least 4 members (excludes halogenated alkanes) is 7. The Morgan fingerprint density at radius 1 is 0.619 bits per heavy atom. The van der Waals surface area contributed by atoms with E-state index >= 15 is 0 Å². The Morgan fingerprint density at radius 2 is 1.14 bits per heavy atom. The van der Waals surface area contributed by atoms with E-state index in [4.69, 9.17) is 0 Å². The Morgan fingerprint density at radius 3 is 1.67 bits per heavy atom. The molecule has 0 saturated heterocycles. The van der Waals surface area contributed by atoms with Gasteiger partial charge in [-0.05, 0) is 31.7 Å². The molecule has 128 valence electrons. The van der Waals surface area contributed by atoms with Crippen LogP contribution in [0.3, 0.4) is 0 Å². The van der Waals surface area contributed by atoms with Crippen LogP contribution >= 0.6 is 0 Å². The molecule has 0 spiro atoms. The van der Waals surface area contributed by atoms with Gasteiger partial charge in [-0.15, -0.1) is 0 Å². The van der Waals surface area contributed by atoms with Gasteiger partial charge in [0.1, 0.15) is 0 Å². The Hall–Kier alpha value is -0.0400. The van der Waals surface area contributed by atoms with Gasteiger partial charge >= 0.3 is 0 Å². The summed E-state index contributed by atoms with van der Waals surface area (Å²) in [5.74, 6) is 0.879. The van der Waals surface area contributed by atoms with Gasteiger partial charge in [0.2, 0.25) is 0 Å². The number of rotatable bonds is 16. The third-order valence-electron chi connectivity index (χ3n) is 4.45. The molecule has 0 aliphatic rings. The first-order valence-corrected chi connectivity index (χ1v) is 9.94. The molecule has 0 aromatic heterocycles. The lowest BCUT2D eigenvalue weighted by molar-refractivity contribution is 0.410. The standard InChI is InChI=1S/C20H43N/c1-5-7-11-16-20(17-12-8-6-2)21-18-14-10-9-13-15-19(3)4/h19-21H,5-18H2,1-4H3. The van der Waals surface area contributed by atoms with Gasteiger partial charge in [-0.25, -0.2) is 0 Å². The van der Waals surface area contributed by atoms with Crippen LogP contribution in [0.2, 0.25) is 0 Å². The molecule has 1 N–H and O–H groups in total. The first-order chi connectivity index (χ1) is 10.2. The molecular formula is C20H43N. The van der Waals surface area contributed by atoms with Gasteiger partial charge in [-0.1, -0.05) is 91.9 Å². The zero-order valence-corrected chi connectivity index (χ0v) is 15.6. The van der Waals surface area contributed by atoms with Gasteiger partial charge in [-0.3, -0.25) is 0 Å². The van der Waals surface area contributed by atoms with Gasteiger partial charge in [-0.2, -0.15) is 0 Å². The molecule has 0 aliphatic heterocycles. The second kappa shape index (κ2) is 16.3. The van der Waals surface area contributed by atoms with Crippen LogP contribution in [0.4, 0.5) is 0 Å². The minimum absolute atomic E-state index is 0.791. The molecule has 0 bridgehead atoms. The second-order valence-electron chi connectivity index (χ2n) is 7.24. The maximum Gasteiger partial charge on any atom is 0.00670 e. The van der Waals surface area contributed by atoms with Crippen LogP contribution in [0.25, 0.3) is 0 Å². The van der Waals surface area contributed by atoms with E-state index in [9.17, 15) is 0 Å². The van der Waals surface area contributed by atoms with Crippen LogP contribution in [0.5, 0.6) is 0 Å². The van der Waals surface area contributed by atoms with Crippen molar-refractivity contribution in [2.24, 2.45) is 5.92 Å². The SMILES string of the molecule is CCCCCC(CCCCC)NCCCCCCC(C)C. The lowest BCUT2D eigenvalue weighted by Crippen LogP contribution is -2.30. The minimum atomic E-state index is 0.791. The predicted octanol–water partition coefficient (Wildman–Crippen LogP) is 6.71. The average molecular weight is 298 g/mol. The van der Waals surface area contributed by atoms with E-state index in [1.165, 1.54) is 90.0 Å². The smallest absolute Gasteiger partial charge is 0.00670 e. The highest BCUT2D eigenvalue weighted by atomic mass is 14.9. The third-order valence-corrected chi connectivity index (χ3v) is 4.45. The Labute approximate surface area is 135 Å². The highest BCUT2D eigenvalue weighted by molar-refractivity contribution is 4.67. The van der Waals surface area contributed by atoms with Crippen molar-refractivity contribution in [2.75, 3.05) is 6.54 Å². The van der Waals surface area contributed by atoms with Crippen LogP contribution in [0.1, 0.15) is 111 Å². The minimum Gasteiger partial charge on any atom is -0.314 e. The molecular weight excluding hydrogens is 254 g/mol. The van der Waals surface area contributed by atoms with Crippen molar-refractivity contribution in [3.05, 3.63) is 0 Å². The monoisotopic (exact) mass is 297 g/mol. The van der Waals surface area contributed by atoms with E-state index in [-0.39, 0.29) is 0 Å². The van der Waals surface area contributed by atoms with Crippen molar-refractivity contribution in [1.29, 1.82) is 0 Å². The Balaban J connectivity index is 3.58. The summed E-state index contributed by atoms with van der Waals surface area (Å²) < 4.78 is 0. The molecule has 1 nitrogen and oxygen atoms in total. The molecule has 0 heterocycles. The van der Waals surface area contributed by atoms with E-state index in [1.807, 2.05) is 0 Å². The topological polar surface area (TPSA) is 12.0 Å². The third kappa shape index (κ3) is 16.2. The van der Waals surface area contributed by atoms with E-state index in [1.54, 1.807) is 0 Å². The summed E-state index contributed by atoms with van der Waals surface area (Å²) in [5, 5.41) is 3.84. The molecule has 0 radical (unpaired) electrons. The highest BCUT2D eigenvalue weighted by Crippen LogP contribution is 2.12. The van der Waals surface area contributed by atoms with Crippen LogP contribution < -0.4 is 5.32 Å². The highest BCUT2D eigenvalue weighted by Gasteiger charge is 2.07.